The standard InChI is InChI=1S/C13H17N3/c1-8-6-11-12(7-9(8)2)16(5)13(14-4)10(3)15-11/h6-7H,1-5H3. The van der Waals surface area contributed by atoms with Gasteiger partial charge in [0.2, 0.25) is 0 Å². The summed E-state index contributed by atoms with van der Waals surface area (Å²) in [5.74, 6) is 0. The summed E-state index contributed by atoms with van der Waals surface area (Å²) in [7, 11) is 3.84. The van der Waals surface area contributed by atoms with Crippen LogP contribution in [0.25, 0.3) is 11.0 Å². The molecule has 0 fully saturated rings. The van der Waals surface area contributed by atoms with Crippen molar-refractivity contribution in [2.45, 2.75) is 20.8 Å². The number of hydrogen-bond donors (Lipinski definition) is 0. The highest BCUT2D eigenvalue weighted by molar-refractivity contribution is 5.76. The molecule has 0 aliphatic heterocycles. The van der Waals surface area contributed by atoms with Crippen LogP contribution in [0.3, 0.4) is 0 Å². The summed E-state index contributed by atoms with van der Waals surface area (Å²) in [4.78, 5) is 8.87. The molecule has 0 aliphatic carbocycles. The average Bonchev–Trinajstić information content (AvgIpc) is 2.22. The summed E-state index contributed by atoms with van der Waals surface area (Å²) in [6, 6.07) is 4.31. The third kappa shape index (κ3) is 1.52. The molecule has 2 rings (SSSR count). The van der Waals surface area contributed by atoms with Crippen LogP contribution in [0.15, 0.2) is 17.1 Å². The summed E-state index contributed by atoms with van der Waals surface area (Å²) < 4.78 is 2.10. The van der Waals surface area contributed by atoms with Crippen LogP contribution in [-0.4, -0.2) is 16.6 Å². The number of rotatable bonds is 0. The smallest absolute Gasteiger partial charge is 0.149 e. The van der Waals surface area contributed by atoms with Crippen molar-refractivity contribution in [3.8, 4) is 0 Å². The number of fused-ring (bicyclic) bond motifs is 1. The second-order valence-corrected chi connectivity index (χ2v) is 4.23. The zero-order chi connectivity index (χ0) is 11.9. The molecule has 1 heterocycles. The van der Waals surface area contributed by atoms with Gasteiger partial charge in [-0.05, 0) is 44.0 Å². The van der Waals surface area contributed by atoms with E-state index in [1.165, 1.54) is 11.1 Å². The average molecular weight is 215 g/mol. The van der Waals surface area contributed by atoms with Crippen LogP contribution in [0.1, 0.15) is 16.8 Å². The normalized spacial score (nSPS) is 12.4. The van der Waals surface area contributed by atoms with Gasteiger partial charge in [0.1, 0.15) is 5.49 Å². The lowest BCUT2D eigenvalue weighted by Crippen LogP contribution is -2.23. The first-order valence-electron chi connectivity index (χ1n) is 5.42. The molecule has 1 aromatic heterocycles. The Morgan fingerprint density at radius 1 is 1.12 bits per heavy atom. The van der Waals surface area contributed by atoms with E-state index in [9.17, 15) is 0 Å². The van der Waals surface area contributed by atoms with E-state index >= 15 is 0 Å². The maximum absolute atomic E-state index is 4.59. The van der Waals surface area contributed by atoms with Crippen LogP contribution in [0.5, 0.6) is 0 Å². The van der Waals surface area contributed by atoms with Crippen molar-refractivity contribution in [2.24, 2.45) is 12.0 Å². The van der Waals surface area contributed by atoms with Crippen molar-refractivity contribution in [1.29, 1.82) is 0 Å². The Hall–Kier alpha value is -1.64. The number of aryl methyl sites for hydroxylation is 4. The van der Waals surface area contributed by atoms with Crippen molar-refractivity contribution < 1.29 is 0 Å². The van der Waals surface area contributed by atoms with Gasteiger partial charge in [-0.1, -0.05) is 0 Å². The second kappa shape index (κ2) is 3.74. The molecule has 0 amide bonds. The topological polar surface area (TPSA) is 30.2 Å². The van der Waals surface area contributed by atoms with Gasteiger partial charge in [0, 0.05) is 14.1 Å². The lowest BCUT2D eigenvalue weighted by Gasteiger charge is -2.10. The second-order valence-electron chi connectivity index (χ2n) is 4.23. The molecule has 0 atom stereocenters. The molecule has 0 unspecified atom stereocenters. The Morgan fingerprint density at radius 2 is 1.75 bits per heavy atom. The molecule has 3 nitrogen and oxygen atoms in total. The van der Waals surface area contributed by atoms with E-state index in [2.05, 4.69) is 40.5 Å². The minimum absolute atomic E-state index is 0.941. The van der Waals surface area contributed by atoms with Crippen LogP contribution >= 0.6 is 0 Å². The van der Waals surface area contributed by atoms with Gasteiger partial charge in [0.15, 0.2) is 0 Å². The first-order valence-corrected chi connectivity index (χ1v) is 5.42. The minimum Gasteiger partial charge on any atom is -0.326 e. The van der Waals surface area contributed by atoms with Gasteiger partial charge in [0.05, 0.1) is 16.7 Å². The van der Waals surface area contributed by atoms with Crippen molar-refractivity contribution in [2.75, 3.05) is 7.05 Å². The Labute approximate surface area is 95.5 Å². The molecule has 1 aromatic carbocycles. The first kappa shape index (κ1) is 10.9. The number of nitrogens with zero attached hydrogens (tertiary/aromatic N) is 3. The monoisotopic (exact) mass is 215 g/mol. The van der Waals surface area contributed by atoms with E-state index in [0.29, 0.717) is 0 Å². The molecule has 0 aliphatic rings. The highest BCUT2D eigenvalue weighted by atomic mass is 15.0. The third-order valence-corrected chi connectivity index (χ3v) is 3.09. The predicted octanol–water partition coefficient (Wildman–Crippen LogP) is 2.03. The SMILES string of the molecule is CN=c1c(C)nc2cc(C)c(C)cc2n1C. The zero-order valence-electron chi connectivity index (χ0n) is 10.5. The molecule has 3 heteroatoms. The number of hydrogen-bond acceptors (Lipinski definition) is 2. The molecule has 2 aromatic rings. The molecule has 0 N–H and O–H groups in total. The Morgan fingerprint density at radius 3 is 2.38 bits per heavy atom. The largest absolute Gasteiger partial charge is 0.326 e. The Kier molecular flexibility index (Phi) is 2.54. The van der Waals surface area contributed by atoms with E-state index in [1.807, 2.05) is 14.0 Å². The number of aromatic nitrogens is 2. The quantitative estimate of drug-likeness (QED) is 0.661. The van der Waals surface area contributed by atoms with Crippen molar-refractivity contribution >= 4 is 11.0 Å². The minimum atomic E-state index is 0.941. The van der Waals surface area contributed by atoms with Crippen LogP contribution in [0.4, 0.5) is 0 Å². The lowest BCUT2D eigenvalue weighted by molar-refractivity contribution is 0.834. The fourth-order valence-corrected chi connectivity index (χ4v) is 2.04. The lowest BCUT2D eigenvalue weighted by atomic mass is 10.1. The molecule has 0 saturated heterocycles. The summed E-state index contributed by atoms with van der Waals surface area (Å²) in [5.41, 5.74) is 6.65. The number of benzene rings is 1. The van der Waals surface area contributed by atoms with E-state index < -0.39 is 0 Å². The molecular weight excluding hydrogens is 198 g/mol. The highest BCUT2D eigenvalue weighted by Crippen LogP contribution is 2.16. The molecule has 0 bridgehead atoms. The van der Waals surface area contributed by atoms with Crippen LogP contribution in [-0.2, 0) is 7.05 Å². The molecule has 16 heavy (non-hydrogen) atoms. The fraction of sp³-hybridized carbons (Fsp3) is 0.385. The molecule has 0 radical (unpaired) electrons. The van der Waals surface area contributed by atoms with Gasteiger partial charge in [-0.2, -0.15) is 0 Å². The van der Waals surface area contributed by atoms with E-state index in [4.69, 9.17) is 0 Å². The summed E-state index contributed by atoms with van der Waals surface area (Å²) >= 11 is 0. The van der Waals surface area contributed by atoms with E-state index in [-0.39, 0.29) is 0 Å². The first-order chi connectivity index (χ1) is 7.54. The maximum Gasteiger partial charge on any atom is 0.149 e. The van der Waals surface area contributed by atoms with Crippen molar-refractivity contribution in [3.05, 3.63) is 34.4 Å². The third-order valence-electron chi connectivity index (χ3n) is 3.09. The van der Waals surface area contributed by atoms with Crippen LogP contribution in [0.2, 0.25) is 0 Å². The Bertz CT molecular complexity index is 621. The van der Waals surface area contributed by atoms with Gasteiger partial charge < -0.3 is 4.57 Å². The molecular formula is C13H17N3. The fourth-order valence-electron chi connectivity index (χ4n) is 2.04. The van der Waals surface area contributed by atoms with Crippen LogP contribution < -0.4 is 5.49 Å². The van der Waals surface area contributed by atoms with E-state index in [1.54, 1.807) is 7.05 Å². The molecule has 84 valence electrons. The van der Waals surface area contributed by atoms with Gasteiger partial charge in [0.25, 0.3) is 0 Å². The van der Waals surface area contributed by atoms with Crippen molar-refractivity contribution in [1.82, 2.24) is 9.55 Å². The molecule has 0 saturated carbocycles. The van der Waals surface area contributed by atoms with Gasteiger partial charge in [-0.3, -0.25) is 4.99 Å². The predicted molar refractivity (Wildman–Crippen MR) is 66.4 cm³/mol. The van der Waals surface area contributed by atoms with Crippen molar-refractivity contribution in [3.63, 3.8) is 0 Å². The summed E-state index contributed by atoms with van der Waals surface area (Å²) in [5, 5.41) is 0. The zero-order valence-corrected chi connectivity index (χ0v) is 10.5. The maximum atomic E-state index is 4.59. The highest BCUT2D eigenvalue weighted by Gasteiger charge is 2.05. The summed E-state index contributed by atoms with van der Waals surface area (Å²) in [6.07, 6.45) is 0. The van der Waals surface area contributed by atoms with Gasteiger partial charge in [-0.25, -0.2) is 4.98 Å². The van der Waals surface area contributed by atoms with E-state index in [0.717, 1.165) is 22.2 Å². The van der Waals surface area contributed by atoms with Gasteiger partial charge in [-0.15, -0.1) is 0 Å². The molecule has 0 spiro atoms. The van der Waals surface area contributed by atoms with Crippen LogP contribution in [0, 0.1) is 20.8 Å². The van der Waals surface area contributed by atoms with Gasteiger partial charge >= 0.3 is 0 Å². The summed E-state index contributed by atoms with van der Waals surface area (Å²) in [6.45, 7) is 6.23. The Balaban J connectivity index is 3.00.